The van der Waals surface area contributed by atoms with Crippen molar-refractivity contribution in [3.05, 3.63) is 60.2 Å². The maximum absolute atomic E-state index is 12.8. The van der Waals surface area contributed by atoms with Crippen molar-refractivity contribution in [2.24, 2.45) is 0 Å². The number of sulfonamides is 1. The van der Waals surface area contributed by atoms with Crippen LogP contribution in [-0.2, 0) is 14.8 Å². The number of rotatable bonds is 6. The van der Waals surface area contributed by atoms with Crippen LogP contribution in [0.2, 0.25) is 0 Å². The largest absolute Gasteiger partial charge is 0.496 e. The van der Waals surface area contributed by atoms with Crippen LogP contribution in [0.15, 0.2) is 59.5 Å². The van der Waals surface area contributed by atoms with Crippen molar-refractivity contribution >= 4 is 27.7 Å². The van der Waals surface area contributed by atoms with Crippen LogP contribution >= 0.6 is 0 Å². The summed E-state index contributed by atoms with van der Waals surface area (Å²) in [6.45, 7) is 1.13. The molecule has 1 amide bonds. The van der Waals surface area contributed by atoms with E-state index < -0.39 is 10.0 Å². The highest BCUT2D eigenvalue weighted by Gasteiger charge is 2.24. The Morgan fingerprint density at radius 3 is 2.31 bits per heavy atom. The summed E-state index contributed by atoms with van der Waals surface area (Å²) in [5.74, 6) is 0.374. The molecule has 0 aliphatic carbocycles. The van der Waals surface area contributed by atoms with E-state index in [2.05, 4.69) is 5.32 Å². The van der Waals surface area contributed by atoms with Crippen molar-refractivity contribution in [2.75, 3.05) is 25.5 Å². The van der Waals surface area contributed by atoms with Gasteiger partial charge in [0.25, 0.3) is 0 Å². The van der Waals surface area contributed by atoms with Gasteiger partial charge in [-0.05, 0) is 49.2 Å². The number of benzene rings is 2. The summed E-state index contributed by atoms with van der Waals surface area (Å²) in [5, 5.41) is 2.74. The van der Waals surface area contributed by atoms with E-state index in [1.165, 1.54) is 6.08 Å². The standard InChI is InChI=1S/C22H26N2O4S/c1-28-21-9-5-4-8-18(21)10-15-22(25)23-19-11-13-20(14-12-19)29(26,27)24-16-6-2-3-7-17-24/h4-5,8-15H,2-3,6-7,16-17H2,1H3,(H,23,25). The molecule has 1 aliphatic rings. The monoisotopic (exact) mass is 414 g/mol. The molecule has 2 aromatic rings. The van der Waals surface area contributed by atoms with Gasteiger partial charge in [-0.15, -0.1) is 0 Å². The molecule has 0 saturated carbocycles. The first-order valence-corrected chi connectivity index (χ1v) is 11.2. The molecule has 154 valence electrons. The highest BCUT2D eigenvalue weighted by molar-refractivity contribution is 7.89. The molecule has 0 atom stereocenters. The molecule has 1 saturated heterocycles. The number of anilines is 1. The first-order chi connectivity index (χ1) is 14.0. The molecule has 0 radical (unpaired) electrons. The summed E-state index contributed by atoms with van der Waals surface area (Å²) >= 11 is 0. The van der Waals surface area contributed by atoms with E-state index in [1.807, 2.05) is 24.3 Å². The molecule has 1 heterocycles. The fourth-order valence-corrected chi connectivity index (χ4v) is 4.81. The van der Waals surface area contributed by atoms with Gasteiger partial charge in [0.1, 0.15) is 5.75 Å². The van der Waals surface area contributed by atoms with E-state index in [-0.39, 0.29) is 10.8 Å². The first kappa shape index (κ1) is 21.1. The molecule has 0 spiro atoms. The quantitative estimate of drug-likeness (QED) is 0.727. The highest BCUT2D eigenvalue weighted by atomic mass is 32.2. The minimum absolute atomic E-state index is 0.252. The zero-order valence-corrected chi connectivity index (χ0v) is 17.3. The number of methoxy groups -OCH3 is 1. The maximum atomic E-state index is 12.8. The Bertz CT molecular complexity index is 961. The lowest BCUT2D eigenvalue weighted by Gasteiger charge is -2.20. The van der Waals surface area contributed by atoms with E-state index >= 15 is 0 Å². The molecule has 1 fully saturated rings. The number of hydrogen-bond donors (Lipinski definition) is 1. The summed E-state index contributed by atoms with van der Waals surface area (Å²) < 4.78 is 32.4. The van der Waals surface area contributed by atoms with Gasteiger partial charge in [-0.25, -0.2) is 8.42 Å². The van der Waals surface area contributed by atoms with Gasteiger partial charge in [-0.3, -0.25) is 4.79 Å². The lowest BCUT2D eigenvalue weighted by Crippen LogP contribution is -2.31. The average Bonchev–Trinajstić information content (AvgIpc) is 3.03. The SMILES string of the molecule is COc1ccccc1C=CC(=O)Nc1ccc(S(=O)(=O)N2CCCCCC2)cc1. The minimum Gasteiger partial charge on any atom is -0.496 e. The Morgan fingerprint density at radius 2 is 1.66 bits per heavy atom. The smallest absolute Gasteiger partial charge is 0.248 e. The van der Waals surface area contributed by atoms with E-state index in [0.717, 1.165) is 31.2 Å². The molecule has 2 aromatic carbocycles. The van der Waals surface area contributed by atoms with Crippen LogP contribution in [-0.4, -0.2) is 38.8 Å². The number of carbonyl (C=O) groups excluding carboxylic acids is 1. The van der Waals surface area contributed by atoms with Gasteiger partial charge in [0.2, 0.25) is 15.9 Å². The number of nitrogens with one attached hydrogen (secondary N) is 1. The Labute approximate surface area is 172 Å². The predicted molar refractivity (Wildman–Crippen MR) is 114 cm³/mol. The summed E-state index contributed by atoms with van der Waals surface area (Å²) in [6.07, 6.45) is 7.02. The van der Waals surface area contributed by atoms with Crippen LogP contribution in [0.4, 0.5) is 5.69 Å². The van der Waals surface area contributed by atoms with Gasteiger partial charge in [0.05, 0.1) is 12.0 Å². The van der Waals surface area contributed by atoms with Crippen LogP contribution in [0.25, 0.3) is 6.08 Å². The zero-order valence-electron chi connectivity index (χ0n) is 16.5. The third-order valence-electron chi connectivity index (χ3n) is 4.88. The molecule has 1 aliphatic heterocycles. The van der Waals surface area contributed by atoms with Crippen molar-refractivity contribution in [1.29, 1.82) is 0 Å². The van der Waals surface area contributed by atoms with Crippen LogP contribution in [0.3, 0.4) is 0 Å². The van der Waals surface area contributed by atoms with E-state index in [4.69, 9.17) is 4.74 Å². The second kappa shape index (κ2) is 9.71. The number of hydrogen-bond acceptors (Lipinski definition) is 4. The Morgan fingerprint density at radius 1 is 1.00 bits per heavy atom. The van der Waals surface area contributed by atoms with Gasteiger partial charge in [0, 0.05) is 30.4 Å². The second-order valence-electron chi connectivity index (χ2n) is 6.91. The Hall–Kier alpha value is -2.64. The molecule has 6 nitrogen and oxygen atoms in total. The summed E-state index contributed by atoms with van der Waals surface area (Å²) in [7, 11) is -1.91. The number of carbonyl (C=O) groups is 1. The maximum Gasteiger partial charge on any atom is 0.248 e. The molecular weight excluding hydrogens is 388 g/mol. The fraction of sp³-hybridized carbons (Fsp3) is 0.318. The fourth-order valence-electron chi connectivity index (χ4n) is 3.29. The van der Waals surface area contributed by atoms with Gasteiger partial charge >= 0.3 is 0 Å². The molecular formula is C22H26N2O4S. The lowest BCUT2D eigenvalue weighted by atomic mass is 10.2. The van der Waals surface area contributed by atoms with E-state index in [1.54, 1.807) is 41.8 Å². The molecule has 1 N–H and O–H groups in total. The molecule has 0 aromatic heterocycles. The summed E-state index contributed by atoms with van der Waals surface area (Å²) in [4.78, 5) is 12.4. The van der Waals surface area contributed by atoms with Gasteiger partial charge in [0.15, 0.2) is 0 Å². The third kappa shape index (κ3) is 5.46. The summed E-state index contributed by atoms with van der Waals surface area (Å²) in [6, 6.07) is 13.7. The van der Waals surface area contributed by atoms with Gasteiger partial charge in [-0.2, -0.15) is 4.31 Å². The topological polar surface area (TPSA) is 75.7 Å². The molecule has 0 bridgehead atoms. The number of para-hydroxylation sites is 1. The number of amides is 1. The van der Waals surface area contributed by atoms with Crippen molar-refractivity contribution in [2.45, 2.75) is 30.6 Å². The van der Waals surface area contributed by atoms with Gasteiger partial charge < -0.3 is 10.1 Å². The minimum atomic E-state index is -3.49. The van der Waals surface area contributed by atoms with Crippen LogP contribution < -0.4 is 10.1 Å². The Balaban J connectivity index is 1.65. The van der Waals surface area contributed by atoms with Crippen LogP contribution in [0, 0.1) is 0 Å². The van der Waals surface area contributed by atoms with Crippen LogP contribution in [0.5, 0.6) is 5.75 Å². The van der Waals surface area contributed by atoms with Crippen molar-refractivity contribution in [1.82, 2.24) is 4.31 Å². The molecule has 7 heteroatoms. The average molecular weight is 415 g/mol. The van der Waals surface area contributed by atoms with Gasteiger partial charge in [-0.1, -0.05) is 31.0 Å². The Kier molecular flexibility index (Phi) is 7.06. The van der Waals surface area contributed by atoms with Crippen LogP contribution in [0.1, 0.15) is 31.2 Å². The molecule has 3 rings (SSSR count). The molecule has 29 heavy (non-hydrogen) atoms. The second-order valence-corrected chi connectivity index (χ2v) is 8.85. The molecule has 0 unspecified atom stereocenters. The zero-order chi connectivity index (χ0) is 20.7. The normalized spacial score (nSPS) is 15.8. The van der Waals surface area contributed by atoms with Crippen molar-refractivity contribution < 1.29 is 17.9 Å². The number of ether oxygens (including phenoxy) is 1. The van der Waals surface area contributed by atoms with Crippen molar-refractivity contribution in [3.63, 3.8) is 0 Å². The first-order valence-electron chi connectivity index (χ1n) is 9.73. The third-order valence-corrected chi connectivity index (χ3v) is 6.79. The van der Waals surface area contributed by atoms with E-state index in [0.29, 0.717) is 24.5 Å². The van der Waals surface area contributed by atoms with Crippen molar-refractivity contribution in [3.8, 4) is 5.75 Å². The number of nitrogens with zero attached hydrogens (tertiary/aromatic N) is 1. The predicted octanol–water partition coefficient (Wildman–Crippen LogP) is 3.91. The summed E-state index contributed by atoms with van der Waals surface area (Å²) in [5.41, 5.74) is 1.33. The van der Waals surface area contributed by atoms with E-state index in [9.17, 15) is 13.2 Å². The highest BCUT2D eigenvalue weighted by Crippen LogP contribution is 2.22. The lowest BCUT2D eigenvalue weighted by molar-refractivity contribution is -0.111.